The fourth-order valence-corrected chi connectivity index (χ4v) is 4.51. The first-order valence-electron chi connectivity index (χ1n) is 9.32. The number of morpholine rings is 1. The lowest BCUT2D eigenvalue weighted by Gasteiger charge is -2.32. The molecular formula is C21H23N3O5S. The van der Waals surface area contributed by atoms with Gasteiger partial charge in [0, 0.05) is 19.2 Å². The van der Waals surface area contributed by atoms with Crippen LogP contribution in [0.3, 0.4) is 0 Å². The quantitative estimate of drug-likeness (QED) is 0.722. The standard InChI is InChI=1S/C21H23N3O5S/c1-15-8-9-17(12-18(15)21(25)24-10-11-29-14-16(24)13-22)30(26,27)23(2)19-6-4-5-7-20(19)28-3/h4-9,12,16H,10-11,14H2,1-3H3/t16-/m0/s1. The number of anilines is 1. The highest BCUT2D eigenvalue weighted by atomic mass is 32.2. The lowest BCUT2D eigenvalue weighted by atomic mass is 10.1. The van der Waals surface area contributed by atoms with Crippen LogP contribution in [0.4, 0.5) is 5.69 Å². The maximum Gasteiger partial charge on any atom is 0.264 e. The highest BCUT2D eigenvalue weighted by molar-refractivity contribution is 7.92. The zero-order chi connectivity index (χ0) is 21.9. The Balaban J connectivity index is 1.99. The first-order valence-corrected chi connectivity index (χ1v) is 10.8. The molecule has 0 bridgehead atoms. The maximum absolute atomic E-state index is 13.3. The molecule has 0 unspecified atom stereocenters. The summed E-state index contributed by atoms with van der Waals surface area (Å²) in [5.74, 6) is 0.0245. The Morgan fingerprint density at radius 3 is 2.73 bits per heavy atom. The van der Waals surface area contributed by atoms with Gasteiger partial charge in [-0.1, -0.05) is 18.2 Å². The lowest BCUT2D eigenvalue weighted by Crippen LogP contribution is -2.48. The molecule has 1 saturated heterocycles. The first-order chi connectivity index (χ1) is 14.3. The monoisotopic (exact) mass is 429 g/mol. The van der Waals surface area contributed by atoms with Gasteiger partial charge in [0.2, 0.25) is 0 Å². The van der Waals surface area contributed by atoms with Gasteiger partial charge < -0.3 is 14.4 Å². The summed E-state index contributed by atoms with van der Waals surface area (Å²) < 4.78 is 38.2. The number of hydrogen-bond donors (Lipinski definition) is 0. The number of hydrogen-bond acceptors (Lipinski definition) is 6. The molecule has 1 heterocycles. The second kappa shape index (κ2) is 8.73. The van der Waals surface area contributed by atoms with Crippen molar-refractivity contribution in [3.8, 4) is 11.8 Å². The van der Waals surface area contributed by atoms with Gasteiger partial charge in [-0.3, -0.25) is 9.10 Å². The largest absolute Gasteiger partial charge is 0.495 e. The second-order valence-corrected chi connectivity index (χ2v) is 8.81. The van der Waals surface area contributed by atoms with Gasteiger partial charge in [0.1, 0.15) is 11.8 Å². The lowest BCUT2D eigenvalue weighted by molar-refractivity contribution is 0.0132. The van der Waals surface area contributed by atoms with Crippen LogP contribution in [0.25, 0.3) is 0 Å². The molecule has 0 saturated carbocycles. The summed E-state index contributed by atoms with van der Waals surface area (Å²) in [6.45, 7) is 2.47. The van der Waals surface area contributed by atoms with Crippen molar-refractivity contribution >= 4 is 21.6 Å². The van der Waals surface area contributed by atoms with Crippen molar-refractivity contribution in [2.24, 2.45) is 0 Å². The van der Waals surface area contributed by atoms with E-state index in [4.69, 9.17) is 9.47 Å². The van der Waals surface area contributed by atoms with Crippen molar-refractivity contribution in [1.29, 1.82) is 5.26 Å². The molecule has 1 atom stereocenters. The van der Waals surface area contributed by atoms with E-state index in [0.29, 0.717) is 23.6 Å². The van der Waals surface area contributed by atoms with Gasteiger partial charge in [0.05, 0.1) is 37.0 Å². The number of carbonyl (C=O) groups is 1. The van der Waals surface area contributed by atoms with Crippen molar-refractivity contribution in [2.45, 2.75) is 17.9 Å². The van der Waals surface area contributed by atoms with Crippen LogP contribution in [0.5, 0.6) is 5.75 Å². The molecule has 0 spiro atoms. The number of aryl methyl sites for hydroxylation is 1. The highest BCUT2D eigenvalue weighted by Crippen LogP contribution is 2.31. The number of rotatable bonds is 5. The van der Waals surface area contributed by atoms with Crippen LogP contribution in [-0.4, -0.2) is 59.2 Å². The molecule has 0 radical (unpaired) electrons. The number of benzene rings is 2. The predicted octanol–water partition coefficient (Wildman–Crippen LogP) is 2.19. The third-order valence-electron chi connectivity index (χ3n) is 5.06. The number of nitrogens with zero attached hydrogens (tertiary/aromatic N) is 3. The Bertz CT molecular complexity index is 1090. The fourth-order valence-electron chi connectivity index (χ4n) is 3.28. The highest BCUT2D eigenvalue weighted by Gasteiger charge is 2.30. The Kier molecular flexibility index (Phi) is 6.29. The fraction of sp³-hybridized carbons (Fsp3) is 0.333. The molecule has 9 heteroatoms. The van der Waals surface area contributed by atoms with Gasteiger partial charge in [-0.15, -0.1) is 0 Å². The van der Waals surface area contributed by atoms with E-state index in [9.17, 15) is 18.5 Å². The van der Waals surface area contributed by atoms with Gasteiger partial charge >= 0.3 is 0 Å². The van der Waals surface area contributed by atoms with E-state index in [-0.39, 0.29) is 29.5 Å². The van der Waals surface area contributed by atoms with E-state index in [1.54, 1.807) is 37.3 Å². The zero-order valence-electron chi connectivity index (χ0n) is 17.0. The van der Waals surface area contributed by atoms with Crippen LogP contribution in [0, 0.1) is 18.3 Å². The van der Waals surface area contributed by atoms with Gasteiger partial charge in [-0.05, 0) is 36.8 Å². The number of sulfonamides is 1. The number of para-hydroxylation sites is 2. The van der Waals surface area contributed by atoms with Gasteiger partial charge in [0.15, 0.2) is 0 Å². The minimum absolute atomic E-state index is 0.0216. The van der Waals surface area contributed by atoms with E-state index in [1.807, 2.05) is 0 Å². The van der Waals surface area contributed by atoms with Crippen LogP contribution >= 0.6 is 0 Å². The average Bonchev–Trinajstić information content (AvgIpc) is 2.78. The summed E-state index contributed by atoms with van der Waals surface area (Å²) in [5.41, 5.74) is 1.25. The molecule has 2 aromatic carbocycles. The third kappa shape index (κ3) is 3.97. The van der Waals surface area contributed by atoms with Crippen molar-refractivity contribution in [3.05, 3.63) is 53.6 Å². The van der Waals surface area contributed by atoms with E-state index < -0.39 is 16.1 Å². The Labute approximate surface area is 176 Å². The number of methoxy groups -OCH3 is 1. The SMILES string of the molecule is COc1ccccc1N(C)S(=O)(=O)c1ccc(C)c(C(=O)N2CCOC[C@@H]2C#N)c1. The molecule has 1 aliphatic rings. The van der Waals surface area contributed by atoms with Crippen LogP contribution in [-0.2, 0) is 14.8 Å². The van der Waals surface area contributed by atoms with E-state index >= 15 is 0 Å². The van der Waals surface area contributed by atoms with Crippen LogP contribution in [0.1, 0.15) is 15.9 Å². The van der Waals surface area contributed by atoms with Crippen LogP contribution < -0.4 is 9.04 Å². The molecule has 3 rings (SSSR count). The summed E-state index contributed by atoms with van der Waals surface area (Å²) in [7, 11) is -1.05. The van der Waals surface area contributed by atoms with Crippen molar-refractivity contribution < 1.29 is 22.7 Å². The Morgan fingerprint density at radius 2 is 2.03 bits per heavy atom. The zero-order valence-corrected chi connectivity index (χ0v) is 17.8. The Hall–Kier alpha value is -3.09. The summed E-state index contributed by atoms with van der Waals surface area (Å²) >= 11 is 0. The van der Waals surface area contributed by atoms with E-state index in [1.165, 1.54) is 31.2 Å². The number of nitriles is 1. The minimum Gasteiger partial charge on any atom is -0.495 e. The average molecular weight is 429 g/mol. The molecular weight excluding hydrogens is 406 g/mol. The first kappa shape index (κ1) is 21.6. The van der Waals surface area contributed by atoms with Crippen molar-refractivity contribution in [3.63, 3.8) is 0 Å². The molecule has 1 amide bonds. The smallest absolute Gasteiger partial charge is 0.264 e. The summed E-state index contributed by atoms with van der Waals surface area (Å²) in [6, 6.07) is 12.6. The number of ether oxygens (including phenoxy) is 2. The van der Waals surface area contributed by atoms with E-state index in [2.05, 4.69) is 6.07 Å². The third-order valence-corrected chi connectivity index (χ3v) is 6.83. The molecule has 0 aliphatic carbocycles. The molecule has 158 valence electrons. The number of carbonyl (C=O) groups excluding carboxylic acids is 1. The minimum atomic E-state index is -3.95. The summed E-state index contributed by atoms with van der Waals surface area (Å²) in [5, 5.41) is 9.32. The second-order valence-electron chi connectivity index (χ2n) is 6.84. The van der Waals surface area contributed by atoms with Crippen molar-refractivity contribution in [1.82, 2.24) is 4.90 Å². The Morgan fingerprint density at radius 1 is 1.30 bits per heavy atom. The van der Waals surface area contributed by atoms with Gasteiger partial charge in [-0.25, -0.2) is 8.42 Å². The molecule has 2 aromatic rings. The maximum atomic E-state index is 13.3. The van der Waals surface area contributed by atoms with Crippen LogP contribution in [0.2, 0.25) is 0 Å². The molecule has 0 N–H and O–H groups in total. The van der Waals surface area contributed by atoms with Gasteiger partial charge in [-0.2, -0.15) is 5.26 Å². The predicted molar refractivity (Wildman–Crippen MR) is 111 cm³/mol. The van der Waals surface area contributed by atoms with Gasteiger partial charge in [0.25, 0.3) is 15.9 Å². The number of amides is 1. The normalized spacial score (nSPS) is 16.6. The molecule has 8 nitrogen and oxygen atoms in total. The summed E-state index contributed by atoms with van der Waals surface area (Å²) in [4.78, 5) is 14.5. The summed E-state index contributed by atoms with van der Waals surface area (Å²) in [6.07, 6.45) is 0. The van der Waals surface area contributed by atoms with E-state index in [0.717, 1.165) is 4.31 Å². The van der Waals surface area contributed by atoms with Crippen LogP contribution in [0.15, 0.2) is 47.4 Å². The van der Waals surface area contributed by atoms with Crippen molar-refractivity contribution in [2.75, 3.05) is 38.2 Å². The molecule has 1 fully saturated rings. The molecule has 30 heavy (non-hydrogen) atoms. The molecule has 0 aromatic heterocycles. The topological polar surface area (TPSA) is 99.9 Å². The molecule has 1 aliphatic heterocycles.